The van der Waals surface area contributed by atoms with Gasteiger partial charge in [-0.3, -0.25) is 9.59 Å². The van der Waals surface area contributed by atoms with Gasteiger partial charge in [0.2, 0.25) is 5.91 Å². The predicted molar refractivity (Wildman–Crippen MR) is 68.3 cm³/mol. The van der Waals surface area contributed by atoms with Crippen LogP contribution in [-0.4, -0.2) is 28.5 Å². The van der Waals surface area contributed by atoms with Crippen LogP contribution < -0.4 is 5.32 Å². The largest absolute Gasteiger partial charge is 0.348 e. The number of halogens is 1. The molecule has 0 aliphatic rings. The van der Waals surface area contributed by atoms with Crippen LogP contribution in [-0.2, 0) is 9.59 Å². The van der Waals surface area contributed by atoms with Crippen molar-refractivity contribution in [3.63, 3.8) is 0 Å². The molecule has 0 aliphatic heterocycles. The van der Waals surface area contributed by atoms with Crippen LogP contribution in [0.3, 0.4) is 0 Å². The molecule has 6 heteroatoms. The fourth-order valence-electron chi connectivity index (χ4n) is 1.03. The Hall–Kier alpha value is -1.07. The van der Waals surface area contributed by atoms with Gasteiger partial charge in [0.15, 0.2) is 0 Å². The summed E-state index contributed by atoms with van der Waals surface area (Å²) in [5.41, 5.74) is 0. The number of rotatable bonds is 5. The summed E-state index contributed by atoms with van der Waals surface area (Å²) in [6, 6.07) is 3.45. The van der Waals surface area contributed by atoms with Gasteiger partial charge in [0.25, 0.3) is 0 Å². The lowest BCUT2D eigenvalue weighted by Crippen LogP contribution is -2.34. The molecule has 0 saturated heterocycles. The molecule has 92 valence electrons. The molecule has 0 fully saturated rings. The second-order valence-corrected chi connectivity index (χ2v) is 5.21. The summed E-state index contributed by atoms with van der Waals surface area (Å²) in [4.78, 5) is 26.4. The highest BCUT2D eigenvalue weighted by atomic mass is 35.5. The highest BCUT2D eigenvalue weighted by molar-refractivity contribution is 8.00. The van der Waals surface area contributed by atoms with E-state index in [2.05, 4.69) is 10.3 Å². The summed E-state index contributed by atoms with van der Waals surface area (Å²) >= 11 is 7.19. The number of hydrogen-bond donors (Lipinski definition) is 1. The molecule has 1 heterocycles. The molecule has 0 bridgehead atoms. The molecule has 0 spiro atoms. The van der Waals surface area contributed by atoms with Crippen LogP contribution in [0.4, 0.5) is 0 Å². The molecular weight excluding hydrogens is 260 g/mol. The van der Waals surface area contributed by atoms with Crippen LogP contribution in [0.25, 0.3) is 0 Å². The van der Waals surface area contributed by atoms with Crippen molar-refractivity contribution >= 4 is 35.1 Å². The molecule has 0 radical (unpaired) electrons. The molecule has 1 aromatic rings. The maximum absolute atomic E-state index is 11.6. The fraction of sp³-hybridized carbons (Fsp3) is 0.364. The number of aromatic nitrogens is 1. The highest BCUT2D eigenvalue weighted by Gasteiger charge is 2.16. The number of nitrogens with zero attached hydrogens (tertiary/aromatic N) is 1. The lowest BCUT2D eigenvalue weighted by Gasteiger charge is -2.11. The second kappa shape index (κ2) is 6.61. The fourth-order valence-corrected chi connectivity index (χ4v) is 2.12. The van der Waals surface area contributed by atoms with E-state index in [0.29, 0.717) is 10.0 Å². The van der Waals surface area contributed by atoms with Crippen molar-refractivity contribution in [3.05, 3.63) is 23.4 Å². The van der Waals surface area contributed by atoms with Crippen molar-refractivity contribution in [2.24, 2.45) is 0 Å². The van der Waals surface area contributed by atoms with Gasteiger partial charge in [0, 0.05) is 6.20 Å². The Morgan fingerprint density at radius 2 is 2.29 bits per heavy atom. The van der Waals surface area contributed by atoms with Gasteiger partial charge in [-0.1, -0.05) is 23.4 Å². The van der Waals surface area contributed by atoms with E-state index in [1.54, 1.807) is 25.3 Å². The molecule has 0 aromatic carbocycles. The molecule has 1 amide bonds. The zero-order chi connectivity index (χ0) is 12.8. The zero-order valence-corrected chi connectivity index (χ0v) is 11.1. The minimum atomic E-state index is -0.346. The molecule has 1 atom stereocenters. The van der Waals surface area contributed by atoms with Gasteiger partial charge < -0.3 is 5.32 Å². The van der Waals surface area contributed by atoms with Crippen molar-refractivity contribution < 1.29 is 9.59 Å². The van der Waals surface area contributed by atoms with Gasteiger partial charge in [-0.15, -0.1) is 0 Å². The number of carbonyl (C=O) groups is 2. The topological polar surface area (TPSA) is 59.1 Å². The number of thioether (sulfide) groups is 1. The molecule has 0 saturated carbocycles. The Kier molecular flexibility index (Phi) is 5.44. The minimum Gasteiger partial charge on any atom is -0.348 e. The number of ketones is 1. The van der Waals surface area contributed by atoms with E-state index in [-0.39, 0.29) is 23.5 Å². The number of hydrogen-bond acceptors (Lipinski definition) is 4. The molecular formula is C11H13ClN2O2S. The first kappa shape index (κ1) is 14.0. The quantitative estimate of drug-likeness (QED) is 0.832. The van der Waals surface area contributed by atoms with E-state index in [1.807, 2.05) is 0 Å². The first-order valence-corrected chi connectivity index (χ1v) is 6.30. The first-order valence-electron chi connectivity index (χ1n) is 5.05. The molecule has 0 unspecified atom stereocenters. The zero-order valence-electron chi connectivity index (χ0n) is 9.57. The Morgan fingerprint density at radius 1 is 1.59 bits per heavy atom. The van der Waals surface area contributed by atoms with Gasteiger partial charge in [0.1, 0.15) is 10.8 Å². The third-order valence-electron chi connectivity index (χ3n) is 1.89. The molecule has 0 aliphatic carbocycles. The lowest BCUT2D eigenvalue weighted by atomic mass is 10.4. The maximum Gasteiger partial charge on any atom is 0.233 e. The van der Waals surface area contributed by atoms with Crippen LogP contribution in [0, 0.1) is 0 Å². The average molecular weight is 273 g/mol. The minimum absolute atomic E-state index is 0.0552. The highest BCUT2D eigenvalue weighted by Crippen LogP contribution is 2.27. The molecule has 1 rings (SSSR count). The van der Waals surface area contributed by atoms with Crippen LogP contribution in [0.5, 0.6) is 0 Å². The molecule has 1 aromatic heterocycles. The van der Waals surface area contributed by atoms with E-state index < -0.39 is 0 Å². The van der Waals surface area contributed by atoms with E-state index in [9.17, 15) is 9.59 Å². The van der Waals surface area contributed by atoms with Crippen LogP contribution in [0.2, 0.25) is 5.02 Å². The summed E-state index contributed by atoms with van der Waals surface area (Å²) in [5, 5.41) is 3.32. The Balaban J connectivity index is 2.54. The number of amides is 1. The summed E-state index contributed by atoms with van der Waals surface area (Å²) in [7, 11) is 0. The van der Waals surface area contributed by atoms with E-state index in [0.717, 1.165) is 0 Å². The van der Waals surface area contributed by atoms with Crippen LogP contribution in [0.1, 0.15) is 13.8 Å². The van der Waals surface area contributed by atoms with E-state index >= 15 is 0 Å². The molecule has 1 N–H and O–H groups in total. The Bertz CT molecular complexity index is 426. The standard InChI is InChI=1S/C11H13ClN2O2S/c1-7(15)6-14-10(16)8(2)17-11-9(12)4-3-5-13-11/h3-5,8H,6H2,1-2H3,(H,14,16)/t8-/m1/s1. The van der Waals surface area contributed by atoms with E-state index in [1.165, 1.54) is 18.7 Å². The monoisotopic (exact) mass is 272 g/mol. The van der Waals surface area contributed by atoms with Gasteiger partial charge in [-0.25, -0.2) is 4.98 Å². The van der Waals surface area contributed by atoms with Gasteiger partial charge in [-0.2, -0.15) is 0 Å². The number of carbonyl (C=O) groups excluding carboxylic acids is 2. The third-order valence-corrected chi connectivity index (χ3v) is 3.43. The third kappa shape index (κ3) is 4.75. The summed E-state index contributed by atoms with van der Waals surface area (Å²) < 4.78 is 0. The van der Waals surface area contributed by atoms with Gasteiger partial charge in [0.05, 0.1) is 16.8 Å². The summed E-state index contributed by atoms with van der Waals surface area (Å²) in [6.07, 6.45) is 1.62. The predicted octanol–water partition coefficient (Wildman–Crippen LogP) is 1.92. The maximum atomic E-state index is 11.6. The lowest BCUT2D eigenvalue weighted by molar-refractivity contribution is -0.123. The smallest absolute Gasteiger partial charge is 0.233 e. The summed E-state index contributed by atoms with van der Waals surface area (Å²) in [5.74, 6) is -0.279. The molecule has 17 heavy (non-hydrogen) atoms. The van der Waals surface area contributed by atoms with Crippen molar-refractivity contribution in [2.45, 2.75) is 24.1 Å². The second-order valence-electron chi connectivity index (χ2n) is 3.47. The van der Waals surface area contributed by atoms with E-state index in [4.69, 9.17) is 11.6 Å². The normalized spacial score (nSPS) is 11.9. The SMILES string of the molecule is CC(=O)CNC(=O)[C@@H](C)Sc1ncccc1Cl. The number of pyridine rings is 1. The Labute approximate surface area is 109 Å². The van der Waals surface area contributed by atoms with Gasteiger partial charge in [-0.05, 0) is 26.0 Å². The average Bonchev–Trinajstić information content (AvgIpc) is 2.28. The Morgan fingerprint density at radius 3 is 2.88 bits per heavy atom. The first-order chi connectivity index (χ1) is 8.00. The van der Waals surface area contributed by atoms with Crippen molar-refractivity contribution in [2.75, 3.05) is 6.54 Å². The molecule has 4 nitrogen and oxygen atoms in total. The number of nitrogens with one attached hydrogen (secondary N) is 1. The van der Waals surface area contributed by atoms with Crippen LogP contribution >= 0.6 is 23.4 Å². The van der Waals surface area contributed by atoms with Crippen LogP contribution in [0.15, 0.2) is 23.4 Å². The number of Topliss-reactive ketones (excluding diaryl/α,β-unsaturated/α-hetero) is 1. The van der Waals surface area contributed by atoms with Crippen molar-refractivity contribution in [1.82, 2.24) is 10.3 Å². The van der Waals surface area contributed by atoms with Gasteiger partial charge >= 0.3 is 0 Å². The van der Waals surface area contributed by atoms with Crippen molar-refractivity contribution in [3.8, 4) is 0 Å². The van der Waals surface area contributed by atoms with Crippen molar-refractivity contribution in [1.29, 1.82) is 0 Å². The summed E-state index contributed by atoms with van der Waals surface area (Å²) in [6.45, 7) is 3.22.